The Labute approximate surface area is 161 Å². The number of halogens is 2. The Bertz CT molecular complexity index is 784. The largest absolute Gasteiger partial charge is 0.357 e. The fraction of sp³-hybridized carbons (Fsp3) is 0.300. The summed E-state index contributed by atoms with van der Waals surface area (Å²) in [5, 5.41) is 2.52. The van der Waals surface area contributed by atoms with Crippen molar-refractivity contribution in [3.63, 3.8) is 0 Å². The number of hydrogen-bond acceptors (Lipinski definition) is 3. The van der Waals surface area contributed by atoms with Crippen LogP contribution in [0.15, 0.2) is 48.5 Å². The molecule has 1 atom stereocenters. The van der Waals surface area contributed by atoms with Crippen LogP contribution in [0.3, 0.4) is 0 Å². The zero-order chi connectivity index (χ0) is 19.8. The second kappa shape index (κ2) is 10.1. The van der Waals surface area contributed by atoms with Crippen molar-refractivity contribution in [2.75, 3.05) is 12.8 Å². The molecule has 144 valence electrons. The number of likely N-dealkylation sites (N-methyl/N-ethyl adjacent to an activating group) is 1. The van der Waals surface area contributed by atoms with Crippen molar-refractivity contribution < 1.29 is 18.4 Å². The van der Waals surface area contributed by atoms with Crippen molar-refractivity contribution in [1.82, 2.24) is 10.2 Å². The maximum atomic E-state index is 14.0. The summed E-state index contributed by atoms with van der Waals surface area (Å²) in [4.78, 5) is 26.1. The van der Waals surface area contributed by atoms with E-state index in [-0.39, 0.29) is 29.9 Å². The number of benzene rings is 2. The summed E-state index contributed by atoms with van der Waals surface area (Å²) >= 11 is 1.36. The molecule has 2 aromatic rings. The van der Waals surface area contributed by atoms with E-state index in [2.05, 4.69) is 5.32 Å². The lowest BCUT2D eigenvalue weighted by atomic mass is 10.1. The van der Waals surface area contributed by atoms with Crippen LogP contribution >= 0.6 is 11.8 Å². The summed E-state index contributed by atoms with van der Waals surface area (Å²) < 4.78 is 26.9. The second-order valence-corrected chi connectivity index (χ2v) is 7.01. The highest BCUT2D eigenvalue weighted by atomic mass is 32.2. The van der Waals surface area contributed by atoms with Crippen LogP contribution in [0.25, 0.3) is 0 Å². The molecular weight excluding hydrogens is 370 g/mol. The smallest absolute Gasteiger partial charge is 0.242 e. The fourth-order valence-electron chi connectivity index (χ4n) is 2.52. The van der Waals surface area contributed by atoms with Crippen LogP contribution in [-0.2, 0) is 21.9 Å². The van der Waals surface area contributed by atoms with Gasteiger partial charge in [-0.05, 0) is 30.7 Å². The first-order chi connectivity index (χ1) is 12.9. The molecule has 2 aromatic carbocycles. The predicted molar refractivity (Wildman–Crippen MR) is 103 cm³/mol. The molecule has 0 bridgehead atoms. The van der Waals surface area contributed by atoms with Crippen molar-refractivity contribution in [3.05, 3.63) is 71.3 Å². The van der Waals surface area contributed by atoms with Crippen molar-refractivity contribution in [2.45, 2.75) is 25.3 Å². The SMILES string of the molecule is CNC(=O)C(C)N(Cc1ccccc1F)C(=O)CSCc1ccc(F)cc1. The molecule has 0 aliphatic carbocycles. The summed E-state index contributed by atoms with van der Waals surface area (Å²) in [6, 6.07) is 11.5. The minimum absolute atomic E-state index is 0.0111. The third kappa shape index (κ3) is 6.06. The van der Waals surface area contributed by atoms with Gasteiger partial charge < -0.3 is 10.2 Å². The Balaban J connectivity index is 2.04. The molecule has 0 saturated heterocycles. The summed E-state index contributed by atoms with van der Waals surface area (Å²) in [5.74, 6) is -0.639. The Hall–Kier alpha value is -2.41. The van der Waals surface area contributed by atoms with Crippen molar-refractivity contribution >= 4 is 23.6 Å². The van der Waals surface area contributed by atoms with E-state index in [1.165, 1.54) is 41.9 Å². The first-order valence-electron chi connectivity index (χ1n) is 8.49. The van der Waals surface area contributed by atoms with E-state index < -0.39 is 11.9 Å². The quantitative estimate of drug-likeness (QED) is 0.750. The van der Waals surface area contributed by atoms with E-state index in [1.54, 1.807) is 37.3 Å². The van der Waals surface area contributed by atoms with Crippen LogP contribution in [-0.4, -0.2) is 35.6 Å². The first kappa shape index (κ1) is 20.9. The lowest BCUT2D eigenvalue weighted by Gasteiger charge is -2.28. The molecule has 2 rings (SSSR count). The number of nitrogens with zero attached hydrogens (tertiary/aromatic N) is 1. The molecule has 0 spiro atoms. The first-order valence-corrected chi connectivity index (χ1v) is 9.64. The highest BCUT2D eigenvalue weighted by molar-refractivity contribution is 7.99. The normalized spacial score (nSPS) is 11.7. The monoisotopic (exact) mass is 392 g/mol. The topological polar surface area (TPSA) is 49.4 Å². The number of carbonyl (C=O) groups is 2. The van der Waals surface area contributed by atoms with Gasteiger partial charge in [0.15, 0.2) is 0 Å². The van der Waals surface area contributed by atoms with E-state index in [4.69, 9.17) is 0 Å². The Kier molecular flexibility index (Phi) is 7.79. The Morgan fingerprint density at radius 2 is 1.78 bits per heavy atom. The number of nitrogens with one attached hydrogen (secondary N) is 1. The minimum atomic E-state index is -0.728. The van der Waals surface area contributed by atoms with Gasteiger partial charge in [0.2, 0.25) is 11.8 Å². The number of thioether (sulfide) groups is 1. The summed E-state index contributed by atoms with van der Waals surface area (Å²) in [6.07, 6.45) is 0. The molecule has 0 aliphatic rings. The molecule has 1 N–H and O–H groups in total. The fourth-order valence-corrected chi connectivity index (χ4v) is 3.39. The van der Waals surface area contributed by atoms with E-state index in [9.17, 15) is 18.4 Å². The van der Waals surface area contributed by atoms with Gasteiger partial charge in [0, 0.05) is 24.9 Å². The standard InChI is InChI=1S/C20H22F2N2O2S/c1-14(20(26)23-2)24(11-16-5-3-4-6-18(16)22)19(25)13-27-12-15-7-9-17(21)10-8-15/h3-10,14H,11-13H2,1-2H3,(H,23,26). The van der Waals surface area contributed by atoms with Gasteiger partial charge in [0.05, 0.1) is 5.75 Å². The maximum absolute atomic E-state index is 14.0. The van der Waals surface area contributed by atoms with Gasteiger partial charge in [0.1, 0.15) is 17.7 Å². The zero-order valence-electron chi connectivity index (χ0n) is 15.2. The third-order valence-corrected chi connectivity index (χ3v) is 5.11. The van der Waals surface area contributed by atoms with Gasteiger partial charge in [-0.25, -0.2) is 8.78 Å². The van der Waals surface area contributed by atoms with Crippen LogP contribution in [0, 0.1) is 11.6 Å². The van der Waals surface area contributed by atoms with E-state index >= 15 is 0 Å². The lowest BCUT2D eigenvalue weighted by molar-refractivity contribution is -0.138. The van der Waals surface area contributed by atoms with Crippen LogP contribution in [0.4, 0.5) is 8.78 Å². The Morgan fingerprint density at radius 3 is 2.41 bits per heavy atom. The molecule has 1 unspecified atom stereocenters. The zero-order valence-corrected chi connectivity index (χ0v) is 16.1. The van der Waals surface area contributed by atoms with Gasteiger partial charge >= 0.3 is 0 Å². The summed E-state index contributed by atoms with van der Waals surface area (Å²) in [5.41, 5.74) is 1.25. The highest BCUT2D eigenvalue weighted by Gasteiger charge is 2.26. The molecule has 0 heterocycles. The van der Waals surface area contributed by atoms with Gasteiger partial charge in [-0.2, -0.15) is 0 Å². The Morgan fingerprint density at radius 1 is 1.11 bits per heavy atom. The lowest BCUT2D eigenvalue weighted by Crippen LogP contribution is -2.47. The molecule has 0 saturated carbocycles. The maximum Gasteiger partial charge on any atom is 0.242 e. The van der Waals surface area contributed by atoms with E-state index in [0.717, 1.165) is 5.56 Å². The second-order valence-electron chi connectivity index (χ2n) is 6.02. The van der Waals surface area contributed by atoms with E-state index in [0.29, 0.717) is 11.3 Å². The highest BCUT2D eigenvalue weighted by Crippen LogP contribution is 2.17. The summed E-state index contributed by atoms with van der Waals surface area (Å²) in [7, 11) is 1.49. The van der Waals surface area contributed by atoms with Gasteiger partial charge in [-0.15, -0.1) is 11.8 Å². The molecular formula is C20H22F2N2O2S. The van der Waals surface area contributed by atoms with Gasteiger partial charge in [-0.3, -0.25) is 9.59 Å². The number of rotatable bonds is 8. The van der Waals surface area contributed by atoms with Crippen LogP contribution in [0.1, 0.15) is 18.1 Å². The van der Waals surface area contributed by atoms with E-state index in [1.807, 2.05) is 0 Å². The van der Waals surface area contributed by atoms with Gasteiger partial charge in [0.25, 0.3) is 0 Å². The molecule has 2 amide bonds. The molecule has 0 fully saturated rings. The molecule has 0 radical (unpaired) electrons. The number of amides is 2. The van der Waals surface area contributed by atoms with Crippen LogP contribution in [0.5, 0.6) is 0 Å². The van der Waals surface area contributed by atoms with Crippen molar-refractivity contribution in [2.24, 2.45) is 0 Å². The van der Waals surface area contributed by atoms with Crippen LogP contribution in [0.2, 0.25) is 0 Å². The summed E-state index contributed by atoms with van der Waals surface area (Å²) in [6.45, 7) is 1.62. The molecule has 4 nitrogen and oxygen atoms in total. The molecule has 0 aliphatic heterocycles. The predicted octanol–water partition coefficient (Wildman–Crippen LogP) is 3.36. The molecule has 0 aromatic heterocycles. The average Bonchev–Trinajstić information content (AvgIpc) is 2.67. The molecule has 7 heteroatoms. The minimum Gasteiger partial charge on any atom is -0.357 e. The molecule has 27 heavy (non-hydrogen) atoms. The van der Waals surface area contributed by atoms with Crippen LogP contribution < -0.4 is 5.32 Å². The third-order valence-electron chi connectivity index (χ3n) is 4.12. The van der Waals surface area contributed by atoms with Gasteiger partial charge in [-0.1, -0.05) is 30.3 Å². The average molecular weight is 392 g/mol. The van der Waals surface area contributed by atoms with Crippen molar-refractivity contribution in [3.8, 4) is 0 Å². The number of carbonyl (C=O) groups excluding carboxylic acids is 2. The van der Waals surface area contributed by atoms with Crippen molar-refractivity contribution in [1.29, 1.82) is 0 Å². The number of hydrogen-bond donors (Lipinski definition) is 1.